The average Bonchev–Trinajstić information content (AvgIpc) is 3.32. The van der Waals surface area contributed by atoms with Crippen molar-refractivity contribution in [1.82, 2.24) is 19.3 Å². The third kappa shape index (κ3) is 3.31. The molecule has 0 spiro atoms. The zero-order valence-corrected chi connectivity index (χ0v) is 15.7. The minimum atomic E-state index is -4.37. The van der Waals surface area contributed by atoms with Crippen molar-refractivity contribution in [3.8, 4) is 27.9 Å². The topological polar surface area (TPSA) is 65.1 Å². The number of hydrogen-bond donors (Lipinski definition) is 1. The van der Waals surface area contributed by atoms with E-state index in [1.54, 1.807) is 13.3 Å². The molecular weight excluding hydrogens is 393 g/mol. The standard InChI is InChI=1S/C18H15F3N4O2S/c1-10-3-13(15-4-12(27-2)8-28-15)23-14-7-25(17(26)16(10)14)11-5-22-24(6-11)9-18(19,20)21/h3-8,26H,9H2,1-2H3. The Kier molecular flexibility index (Phi) is 4.30. The van der Waals surface area contributed by atoms with Gasteiger partial charge in [-0.1, -0.05) is 0 Å². The predicted octanol–water partition coefficient (Wildman–Crippen LogP) is 4.54. The Morgan fingerprint density at radius 3 is 2.71 bits per heavy atom. The summed E-state index contributed by atoms with van der Waals surface area (Å²) in [5.41, 5.74) is 2.37. The van der Waals surface area contributed by atoms with Gasteiger partial charge in [0.05, 0.1) is 40.5 Å². The molecule has 10 heteroatoms. The fourth-order valence-corrected chi connectivity index (χ4v) is 3.83. The van der Waals surface area contributed by atoms with Gasteiger partial charge >= 0.3 is 6.18 Å². The molecule has 4 rings (SSSR count). The molecule has 0 fully saturated rings. The number of pyridine rings is 1. The number of aromatic hydroxyl groups is 1. The van der Waals surface area contributed by atoms with Gasteiger partial charge in [-0.15, -0.1) is 11.3 Å². The van der Waals surface area contributed by atoms with Crippen molar-refractivity contribution >= 4 is 22.2 Å². The molecule has 0 aliphatic rings. The van der Waals surface area contributed by atoms with Crippen LogP contribution >= 0.6 is 11.3 Å². The molecule has 0 bridgehead atoms. The van der Waals surface area contributed by atoms with Crippen molar-refractivity contribution in [2.45, 2.75) is 19.6 Å². The first-order valence-corrected chi connectivity index (χ1v) is 9.07. The molecule has 0 atom stereocenters. The largest absolute Gasteiger partial charge is 0.496 e. The Labute approximate surface area is 161 Å². The zero-order valence-electron chi connectivity index (χ0n) is 14.9. The molecule has 6 nitrogen and oxygen atoms in total. The third-order valence-electron chi connectivity index (χ3n) is 4.25. The quantitative estimate of drug-likeness (QED) is 0.539. The Morgan fingerprint density at radius 2 is 2.04 bits per heavy atom. The lowest BCUT2D eigenvalue weighted by Crippen LogP contribution is -2.17. The van der Waals surface area contributed by atoms with E-state index in [2.05, 4.69) is 10.1 Å². The molecule has 0 saturated carbocycles. The van der Waals surface area contributed by atoms with E-state index in [4.69, 9.17) is 4.74 Å². The number of methoxy groups -OCH3 is 1. The highest BCUT2D eigenvalue weighted by Crippen LogP contribution is 2.36. The van der Waals surface area contributed by atoms with Crippen LogP contribution in [0.4, 0.5) is 13.2 Å². The highest BCUT2D eigenvalue weighted by molar-refractivity contribution is 7.13. The van der Waals surface area contributed by atoms with Crippen LogP contribution in [-0.4, -0.2) is 37.7 Å². The van der Waals surface area contributed by atoms with E-state index in [-0.39, 0.29) is 5.88 Å². The van der Waals surface area contributed by atoms with E-state index >= 15 is 0 Å². The summed E-state index contributed by atoms with van der Waals surface area (Å²) in [4.78, 5) is 5.50. The van der Waals surface area contributed by atoms with Crippen molar-refractivity contribution < 1.29 is 23.0 Å². The smallest absolute Gasteiger partial charge is 0.408 e. The molecular formula is C18H15F3N4O2S. The summed E-state index contributed by atoms with van der Waals surface area (Å²) in [6.07, 6.45) is -0.292. The van der Waals surface area contributed by atoms with E-state index in [9.17, 15) is 18.3 Å². The molecule has 0 unspecified atom stereocenters. The second kappa shape index (κ2) is 6.55. The van der Waals surface area contributed by atoms with Gasteiger partial charge in [0, 0.05) is 23.8 Å². The number of fused-ring (bicyclic) bond motifs is 1. The van der Waals surface area contributed by atoms with Gasteiger partial charge in [0.25, 0.3) is 0 Å². The van der Waals surface area contributed by atoms with Crippen molar-refractivity contribution in [2.75, 3.05) is 7.11 Å². The number of thiophene rings is 1. The van der Waals surface area contributed by atoms with Crippen LogP contribution in [0.15, 0.2) is 36.1 Å². The van der Waals surface area contributed by atoms with Crippen molar-refractivity contribution in [3.05, 3.63) is 41.7 Å². The fourth-order valence-electron chi connectivity index (χ4n) is 3.02. The Hall–Kier alpha value is -3.01. The molecule has 28 heavy (non-hydrogen) atoms. The first-order chi connectivity index (χ1) is 13.2. The molecule has 0 amide bonds. The first kappa shape index (κ1) is 18.4. The number of halogens is 3. The number of aromatic nitrogens is 4. The molecule has 0 aliphatic heterocycles. The van der Waals surface area contributed by atoms with Gasteiger partial charge in [0.2, 0.25) is 5.88 Å². The third-order valence-corrected chi connectivity index (χ3v) is 5.18. The molecule has 4 heterocycles. The molecule has 146 valence electrons. The SMILES string of the molecule is COc1csc(-c2cc(C)c3c(O)n(-c4cnn(CC(F)(F)F)c4)cc3n2)c1. The average molecular weight is 408 g/mol. The van der Waals surface area contributed by atoms with E-state index < -0.39 is 12.7 Å². The maximum Gasteiger partial charge on any atom is 0.408 e. The number of aryl methyl sites for hydroxylation is 1. The van der Waals surface area contributed by atoms with Gasteiger partial charge < -0.3 is 9.84 Å². The van der Waals surface area contributed by atoms with Gasteiger partial charge in [0.15, 0.2) is 0 Å². The number of rotatable bonds is 4. The van der Waals surface area contributed by atoms with Crippen LogP contribution in [-0.2, 0) is 6.54 Å². The van der Waals surface area contributed by atoms with Gasteiger partial charge in [-0.05, 0) is 18.6 Å². The highest BCUT2D eigenvalue weighted by Gasteiger charge is 2.28. The maximum absolute atomic E-state index is 12.6. The van der Waals surface area contributed by atoms with Crippen LogP contribution in [0.3, 0.4) is 0 Å². The lowest BCUT2D eigenvalue weighted by Gasteiger charge is -2.05. The van der Waals surface area contributed by atoms with Gasteiger partial charge in [-0.3, -0.25) is 9.25 Å². The summed E-state index contributed by atoms with van der Waals surface area (Å²) >= 11 is 1.48. The molecule has 4 aromatic heterocycles. The van der Waals surface area contributed by atoms with E-state index in [0.717, 1.165) is 26.6 Å². The second-order valence-corrected chi connectivity index (χ2v) is 7.18. The summed E-state index contributed by atoms with van der Waals surface area (Å²) in [6, 6.07) is 3.72. The molecule has 0 aliphatic carbocycles. The highest BCUT2D eigenvalue weighted by atomic mass is 32.1. The minimum Gasteiger partial charge on any atom is -0.496 e. The summed E-state index contributed by atoms with van der Waals surface area (Å²) in [5.74, 6) is 0.638. The van der Waals surface area contributed by atoms with Gasteiger partial charge in [0.1, 0.15) is 12.3 Å². The minimum absolute atomic E-state index is 0.0955. The molecule has 4 aromatic rings. The van der Waals surface area contributed by atoms with Crippen LogP contribution < -0.4 is 4.74 Å². The number of ether oxygens (including phenoxy) is 1. The number of nitrogens with zero attached hydrogens (tertiary/aromatic N) is 4. The van der Waals surface area contributed by atoms with Crippen molar-refractivity contribution in [3.63, 3.8) is 0 Å². The van der Waals surface area contributed by atoms with Crippen LogP contribution in [0.5, 0.6) is 11.6 Å². The first-order valence-electron chi connectivity index (χ1n) is 8.19. The lowest BCUT2D eigenvalue weighted by molar-refractivity contribution is -0.142. The Balaban J connectivity index is 1.77. The van der Waals surface area contributed by atoms with Crippen LogP contribution in [0.2, 0.25) is 0 Å². The number of alkyl halides is 3. The molecule has 1 N–H and O–H groups in total. The van der Waals surface area contributed by atoms with E-state index in [1.165, 1.54) is 28.3 Å². The lowest BCUT2D eigenvalue weighted by atomic mass is 10.1. The van der Waals surface area contributed by atoms with Gasteiger partial charge in [-0.25, -0.2) is 4.98 Å². The zero-order chi connectivity index (χ0) is 20.1. The van der Waals surface area contributed by atoms with E-state index in [0.29, 0.717) is 16.6 Å². The Morgan fingerprint density at radius 1 is 1.25 bits per heavy atom. The van der Waals surface area contributed by atoms with Crippen molar-refractivity contribution in [1.29, 1.82) is 0 Å². The summed E-state index contributed by atoms with van der Waals surface area (Å²) in [7, 11) is 1.59. The van der Waals surface area contributed by atoms with Gasteiger partial charge in [-0.2, -0.15) is 18.3 Å². The molecule has 0 radical (unpaired) electrons. The Bertz CT molecular complexity index is 1160. The van der Waals surface area contributed by atoms with Crippen LogP contribution in [0, 0.1) is 6.92 Å². The monoisotopic (exact) mass is 408 g/mol. The van der Waals surface area contributed by atoms with Crippen molar-refractivity contribution in [2.24, 2.45) is 0 Å². The van der Waals surface area contributed by atoms with Crippen LogP contribution in [0.25, 0.3) is 27.2 Å². The van der Waals surface area contributed by atoms with Crippen LogP contribution in [0.1, 0.15) is 5.56 Å². The second-order valence-electron chi connectivity index (χ2n) is 6.27. The van der Waals surface area contributed by atoms with E-state index in [1.807, 2.05) is 24.4 Å². The summed E-state index contributed by atoms with van der Waals surface area (Å²) < 4.78 is 45.0. The number of hydrogen-bond acceptors (Lipinski definition) is 5. The predicted molar refractivity (Wildman–Crippen MR) is 99.2 cm³/mol. The maximum atomic E-state index is 12.6. The summed E-state index contributed by atoms with van der Waals surface area (Å²) in [5, 5.41) is 16.7. The normalized spacial score (nSPS) is 12.0. The summed E-state index contributed by atoms with van der Waals surface area (Å²) in [6.45, 7) is 0.645. The molecule has 0 aromatic carbocycles. The molecule has 0 saturated heterocycles. The fraction of sp³-hybridized carbons (Fsp3) is 0.222.